The number of carbonyl (C=O) groups is 2. The first-order chi connectivity index (χ1) is 23.8. The highest BCUT2D eigenvalue weighted by molar-refractivity contribution is 5.97. The third-order valence-corrected chi connectivity index (χ3v) is 8.07. The number of amides is 2. The predicted octanol–water partition coefficient (Wildman–Crippen LogP) is 5.30. The number of para-hydroxylation sites is 1. The van der Waals surface area contributed by atoms with Crippen molar-refractivity contribution in [1.82, 2.24) is 24.6 Å². The Labute approximate surface area is 284 Å². The lowest BCUT2D eigenvalue weighted by molar-refractivity contribution is -0.125. The summed E-state index contributed by atoms with van der Waals surface area (Å²) in [5.74, 6) is 2.39. The maximum absolute atomic E-state index is 12.8. The number of primary amides is 1. The number of likely N-dealkylation sites (N-methyl/N-ethyl adjacent to an activating group) is 1. The van der Waals surface area contributed by atoms with Gasteiger partial charge in [0, 0.05) is 44.0 Å². The molecule has 0 saturated carbocycles. The van der Waals surface area contributed by atoms with Crippen LogP contribution in [-0.4, -0.2) is 83.3 Å². The summed E-state index contributed by atoms with van der Waals surface area (Å²) in [7, 11) is 5.55. The van der Waals surface area contributed by atoms with Gasteiger partial charge in [-0.05, 0) is 68.5 Å². The summed E-state index contributed by atoms with van der Waals surface area (Å²) in [5, 5.41) is 9.14. The number of likely N-dealkylation sites (tertiary alicyclic amines) is 1. The van der Waals surface area contributed by atoms with Gasteiger partial charge >= 0.3 is 0 Å². The Bertz CT molecular complexity index is 1960. The van der Waals surface area contributed by atoms with Crippen LogP contribution in [0.2, 0.25) is 0 Å². The van der Waals surface area contributed by atoms with Gasteiger partial charge in [-0.1, -0.05) is 36.4 Å². The molecule has 2 amide bonds. The van der Waals surface area contributed by atoms with Crippen molar-refractivity contribution in [3.63, 3.8) is 0 Å². The largest absolute Gasteiger partial charge is 0.497 e. The number of rotatable bonds is 13. The molecule has 0 radical (unpaired) electrons. The van der Waals surface area contributed by atoms with Crippen molar-refractivity contribution < 1.29 is 23.8 Å². The van der Waals surface area contributed by atoms with Crippen LogP contribution >= 0.6 is 0 Å². The molecule has 5 aromatic rings. The summed E-state index contributed by atoms with van der Waals surface area (Å²) in [6, 6.07) is 23.6. The SMILES string of the molecule is COc1ccc(Cn2nc(NC3CCN(C(=O)/C=C/CN(C)C)C3)c3c(Oc4ccc(Oc5ccccc5)cc4C(N)=O)ccnc32)cc1. The highest BCUT2D eigenvalue weighted by atomic mass is 16.5. The molecule has 0 aliphatic carbocycles. The Morgan fingerprint density at radius 2 is 1.76 bits per heavy atom. The molecular weight excluding hydrogens is 622 g/mol. The molecule has 3 heterocycles. The van der Waals surface area contributed by atoms with Gasteiger partial charge in [0.25, 0.3) is 5.91 Å². The van der Waals surface area contributed by atoms with Crippen LogP contribution in [0, 0.1) is 0 Å². The Morgan fingerprint density at radius 3 is 2.49 bits per heavy atom. The van der Waals surface area contributed by atoms with Gasteiger partial charge in [-0.25, -0.2) is 9.67 Å². The van der Waals surface area contributed by atoms with Gasteiger partial charge in [0.15, 0.2) is 11.5 Å². The lowest BCUT2D eigenvalue weighted by atomic mass is 10.1. The molecule has 252 valence electrons. The molecular formula is C37H39N7O5. The van der Waals surface area contributed by atoms with Crippen molar-refractivity contribution >= 4 is 28.7 Å². The smallest absolute Gasteiger partial charge is 0.252 e. The Morgan fingerprint density at radius 1 is 0.980 bits per heavy atom. The van der Waals surface area contributed by atoms with Gasteiger partial charge < -0.3 is 35.1 Å². The van der Waals surface area contributed by atoms with Crippen molar-refractivity contribution in [1.29, 1.82) is 0 Å². The molecule has 2 aromatic heterocycles. The lowest BCUT2D eigenvalue weighted by Crippen LogP contribution is -2.30. The fourth-order valence-electron chi connectivity index (χ4n) is 5.61. The monoisotopic (exact) mass is 661 g/mol. The zero-order valence-corrected chi connectivity index (χ0v) is 27.7. The minimum Gasteiger partial charge on any atom is -0.497 e. The molecule has 1 atom stereocenters. The number of nitrogens with zero attached hydrogens (tertiary/aromatic N) is 5. The molecule has 1 aliphatic rings. The number of aromatic nitrogens is 3. The van der Waals surface area contributed by atoms with E-state index in [2.05, 4.69) is 10.3 Å². The van der Waals surface area contributed by atoms with Gasteiger partial charge in [0.2, 0.25) is 5.91 Å². The average molecular weight is 662 g/mol. The number of pyridine rings is 1. The van der Waals surface area contributed by atoms with Crippen LogP contribution in [-0.2, 0) is 11.3 Å². The molecule has 1 saturated heterocycles. The van der Waals surface area contributed by atoms with Gasteiger partial charge in [-0.3, -0.25) is 9.59 Å². The zero-order valence-electron chi connectivity index (χ0n) is 27.7. The fraction of sp³-hybridized carbons (Fsp3) is 0.243. The third-order valence-electron chi connectivity index (χ3n) is 8.07. The van der Waals surface area contributed by atoms with Crippen LogP contribution in [0.5, 0.6) is 28.7 Å². The molecule has 3 aromatic carbocycles. The fourth-order valence-corrected chi connectivity index (χ4v) is 5.61. The first kappa shape index (κ1) is 33.0. The average Bonchev–Trinajstić information content (AvgIpc) is 3.71. The molecule has 12 nitrogen and oxygen atoms in total. The summed E-state index contributed by atoms with van der Waals surface area (Å²) in [6.45, 7) is 2.26. The summed E-state index contributed by atoms with van der Waals surface area (Å²) in [5.41, 5.74) is 7.55. The predicted molar refractivity (Wildman–Crippen MR) is 187 cm³/mol. The number of anilines is 1. The summed E-state index contributed by atoms with van der Waals surface area (Å²) in [4.78, 5) is 34.0. The van der Waals surface area contributed by atoms with Gasteiger partial charge in [-0.15, -0.1) is 0 Å². The van der Waals surface area contributed by atoms with E-state index < -0.39 is 5.91 Å². The minimum atomic E-state index is -0.664. The number of nitrogens with one attached hydrogen (secondary N) is 1. The second kappa shape index (κ2) is 14.9. The van der Waals surface area contributed by atoms with Crippen LogP contribution < -0.4 is 25.3 Å². The molecule has 49 heavy (non-hydrogen) atoms. The maximum Gasteiger partial charge on any atom is 0.252 e. The molecule has 1 aliphatic heterocycles. The number of methoxy groups -OCH3 is 1. The van der Waals surface area contributed by atoms with E-state index in [0.29, 0.717) is 60.3 Å². The standard InChI is InChI=1S/C37H39N7O5/c1-42(2)20-7-10-33(45)43-21-18-26(24-43)40-36-34-32(17-19-39-37(34)44(41-36)23-25-11-13-27(47-3)14-12-25)49-31-16-15-29(22-30(31)35(38)46)48-28-8-5-4-6-9-28/h4-17,19,22,26H,18,20-21,23-24H2,1-3H3,(H2,38,46)(H,40,41)/b10-7+. The highest BCUT2D eigenvalue weighted by Gasteiger charge is 2.28. The van der Waals surface area contributed by atoms with Crippen molar-refractivity contribution in [2.75, 3.05) is 46.2 Å². The normalized spacial score (nSPS) is 14.4. The van der Waals surface area contributed by atoms with Crippen molar-refractivity contribution in [2.24, 2.45) is 5.73 Å². The minimum absolute atomic E-state index is 0.0228. The summed E-state index contributed by atoms with van der Waals surface area (Å²) < 4.78 is 19.5. The Hall–Kier alpha value is -5.88. The molecule has 1 fully saturated rings. The number of carbonyl (C=O) groups excluding carboxylic acids is 2. The van der Waals surface area contributed by atoms with E-state index in [4.69, 9.17) is 25.0 Å². The zero-order chi connectivity index (χ0) is 34.3. The number of fused-ring (bicyclic) bond motifs is 1. The third kappa shape index (κ3) is 7.99. The lowest BCUT2D eigenvalue weighted by Gasteiger charge is -2.16. The molecule has 0 bridgehead atoms. The van der Waals surface area contributed by atoms with Gasteiger partial charge in [-0.2, -0.15) is 5.10 Å². The number of hydrogen-bond donors (Lipinski definition) is 2. The van der Waals surface area contributed by atoms with Crippen LogP contribution in [0.3, 0.4) is 0 Å². The second-order valence-corrected chi connectivity index (χ2v) is 12.0. The van der Waals surface area contributed by atoms with Crippen LogP contribution in [0.25, 0.3) is 11.0 Å². The van der Waals surface area contributed by atoms with Crippen LogP contribution in [0.4, 0.5) is 5.82 Å². The molecule has 6 rings (SSSR count). The van der Waals surface area contributed by atoms with E-state index in [-0.39, 0.29) is 23.3 Å². The first-order valence-electron chi connectivity index (χ1n) is 16.0. The molecule has 0 spiro atoms. The summed E-state index contributed by atoms with van der Waals surface area (Å²) >= 11 is 0. The van der Waals surface area contributed by atoms with Crippen molar-refractivity contribution in [3.05, 3.63) is 108 Å². The Kier molecular flexibility index (Phi) is 10.1. The van der Waals surface area contributed by atoms with Gasteiger partial charge in [0.05, 0.1) is 19.2 Å². The Balaban J connectivity index is 1.31. The van der Waals surface area contributed by atoms with Gasteiger partial charge in [0.1, 0.15) is 34.1 Å². The summed E-state index contributed by atoms with van der Waals surface area (Å²) in [6.07, 6.45) is 5.88. The molecule has 1 unspecified atom stereocenters. The number of nitrogens with two attached hydrogens (primary N) is 1. The first-order valence-corrected chi connectivity index (χ1v) is 16.0. The topological polar surface area (TPSA) is 137 Å². The molecule has 12 heteroatoms. The van der Waals surface area contributed by atoms with E-state index in [1.165, 1.54) is 0 Å². The van der Waals surface area contributed by atoms with E-state index >= 15 is 0 Å². The second-order valence-electron chi connectivity index (χ2n) is 12.0. The quantitative estimate of drug-likeness (QED) is 0.161. The number of hydrogen-bond acceptors (Lipinski definition) is 9. The van der Waals surface area contributed by atoms with E-state index in [1.54, 1.807) is 48.3 Å². The maximum atomic E-state index is 12.8. The van der Waals surface area contributed by atoms with Crippen LogP contribution in [0.15, 0.2) is 97.2 Å². The number of benzene rings is 3. The van der Waals surface area contributed by atoms with E-state index in [1.807, 2.05) is 84.6 Å². The number of ether oxygens (including phenoxy) is 3. The molecule has 3 N–H and O–H groups in total. The highest BCUT2D eigenvalue weighted by Crippen LogP contribution is 2.37. The van der Waals surface area contributed by atoms with E-state index in [9.17, 15) is 9.59 Å². The van der Waals surface area contributed by atoms with E-state index in [0.717, 1.165) is 17.7 Å². The van der Waals surface area contributed by atoms with Crippen molar-refractivity contribution in [3.8, 4) is 28.7 Å². The van der Waals surface area contributed by atoms with Crippen molar-refractivity contribution in [2.45, 2.75) is 19.0 Å². The van der Waals surface area contributed by atoms with Crippen LogP contribution in [0.1, 0.15) is 22.3 Å².